The lowest BCUT2D eigenvalue weighted by molar-refractivity contribution is -0.153. The third-order valence-corrected chi connectivity index (χ3v) is 3.49. The molecule has 5 heteroatoms. The Hall–Kier alpha value is -1.26. The summed E-state index contributed by atoms with van der Waals surface area (Å²) in [6, 6.07) is 0.0765. The number of esters is 1. The molecule has 1 saturated carbocycles. The van der Waals surface area contributed by atoms with Crippen LogP contribution < -0.4 is 5.32 Å². The zero-order chi connectivity index (χ0) is 14.7. The number of nitrogens with one attached hydrogen (secondary N) is 1. The topological polar surface area (TPSA) is 64.6 Å². The Kier molecular flexibility index (Phi) is 4.82. The van der Waals surface area contributed by atoms with Crippen LogP contribution in [0.5, 0.6) is 0 Å². The molecule has 0 aromatic carbocycles. The predicted molar refractivity (Wildman–Crippen MR) is 71.7 cm³/mol. The van der Waals surface area contributed by atoms with Gasteiger partial charge < -0.3 is 14.8 Å². The summed E-state index contributed by atoms with van der Waals surface area (Å²) < 4.78 is 10.0. The Morgan fingerprint density at radius 3 is 2.16 bits per heavy atom. The highest BCUT2D eigenvalue weighted by molar-refractivity contribution is 5.76. The minimum atomic E-state index is -0.487. The molecule has 0 saturated heterocycles. The van der Waals surface area contributed by atoms with Crippen molar-refractivity contribution in [3.8, 4) is 0 Å². The van der Waals surface area contributed by atoms with Crippen molar-refractivity contribution in [1.29, 1.82) is 0 Å². The molecule has 1 N–H and O–H groups in total. The molecule has 0 unspecified atom stereocenters. The standard InChI is InChI=1S/C14H25NO4/c1-13(2,3)19-12(17)15-10-6-8-14(4,9-7-10)11(16)18-5/h10H,6-9H2,1-5H3,(H,15,17)/t10-,14-. The van der Waals surface area contributed by atoms with Gasteiger partial charge in [-0.3, -0.25) is 4.79 Å². The van der Waals surface area contributed by atoms with Crippen molar-refractivity contribution in [2.75, 3.05) is 7.11 Å². The monoisotopic (exact) mass is 271 g/mol. The molecule has 110 valence electrons. The van der Waals surface area contributed by atoms with E-state index in [4.69, 9.17) is 9.47 Å². The lowest BCUT2D eigenvalue weighted by atomic mass is 9.74. The third kappa shape index (κ3) is 4.73. The summed E-state index contributed by atoms with van der Waals surface area (Å²) in [5.41, 5.74) is -0.903. The van der Waals surface area contributed by atoms with Gasteiger partial charge >= 0.3 is 12.1 Å². The molecule has 0 spiro atoms. The number of methoxy groups -OCH3 is 1. The highest BCUT2D eigenvalue weighted by atomic mass is 16.6. The van der Waals surface area contributed by atoms with Gasteiger partial charge in [0.05, 0.1) is 12.5 Å². The molecule has 1 amide bonds. The highest BCUT2D eigenvalue weighted by Crippen LogP contribution is 2.36. The minimum Gasteiger partial charge on any atom is -0.469 e. The summed E-state index contributed by atoms with van der Waals surface area (Å²) in [6.07, 6.45) is 2.59. The fourth-order valence-electron chi connectivity index (χ4n) is 2.32. The number of rotatable bonds is 2. The second-order valence-corrected chi connectivity index (χ2v) is 6.47. The molecule has 1 aliphatic rings. The van der Waals surface area contributed by atoms with Gasteiger partial charge in [-0.25, -0.2) is 4.79 Å². The summed E-state index contributed by atoms with van der Waals surface area (Å²) in [7, 11) is 1.42. The van der Waals surface area contributed by atoms with Crippen molar-refractivity contribution in [3.63, 3.8) is 0 Å². The van der Waals surface area contributed by atoms with E-state index in [1.165, 1.54) is 7.11 Å². The van der Waals surface area contributed by atoms with E-state index in [9.17, 15) is 9.59 Å². The second kappa shape index (κ2) is 5.80. The molecular weight excluding hydrogens is 246 g/mol. The van der Waals surface area contributed by atoms with Gasteiger partial charge in [0.15, 0.2) is 0 Å². The van der Waals surface area contributed by atoms with Crippen molar-refractivity contribution >= 4 is 12.1 Å². The first-order valence-corrected chi connectivity index (χ1v) is 6.74. The Bertz CT molecular complexity index is 338. The Labute approximate surface area is 115 Å². The van der Waals surface area contributed by atoms with Crippen LogP contribution in [-0.4, -0.2) is 30.8 Å². The average Bonchev–Trinajstić information content (AvgIpc) is 2.29. The van der Waals surface area contributed by atoms with E-state index < -0.39 is 11.0 Å². The van der Waals surface area contributed by atoms with Gasteiger partial charge in [0.1, 0.15) is 5.60 Å². The summed E-state index contributed by atoms with van der Waals surface area (Å²) in [6.45, 7) is 7.42. The maximum atomic E-state index is 11.7. The van der Waals surface area contributed by atoms with Crippen LogP contribution in [-0.2, 0) is 14.3 Å². The van der Waals surface area contributed by atoms with Crippen LogP contribution in [0.1, 0.15) is 53.4 Å². The maximum Gasteiger partial charge on any atom is 0.407 e. The minimum absolute atomic E-state index is 0.0765. The SMILES string of the molecule is COC(=O)[C@]1(C)CC[C@@H](NC(=O)OC(C)(C)C)CC1. The zero-order valence-electron chi connectivity index (χ0n) is 12.5. The quantitative estimate of drug-likeness (QED) is 0.784. The van der Waals surface area contributed by atoms with Crippen molar-refractivity contribution < 1.29 is 19.1 Å². The Balaban J connectivity index is 2.42. The number of hydrogen-bond donors (Lipinski definition) is 1. The number of ether oxygens (including phenoxy) is 2. The van der Waals surface area contributed by atoms with Crippen molar-refractivity contribution in [2.45, 2.75) is 65.0 Å². The average molecular weight is 271 g/mol. The van der Waals surface area contributed by atoms with Gasteiger partial charge in [0, 0.05) is 6.04 Å². The van der Waals surface area contributed by atoms with Gasteiger partial charge in [-0.15, -0.1) is 0 Å². The molecule has 0 aromatic rings. The first-order valence-electron chi connectivity index (χ1n) is 6.74. The van der Waals surface area contributed by atoms with E-state index in [1.54, 1.807) is 0 Å². The number of amides is 1. The molecular formula is C14H25NO4. The van der Waals surface area contributed by atoms with E-state index in [1.807, 2.05) is 27.7 Å². The van der Waals surface area contributed by atoms with Crippen LogP contribution in [0.4, 0.5) is 4.79 Å². The summed E-state index contributed by atoms with van der Waals surface area (Å²) in [4.78, 5) is 23.3. The number of hydrogen-bond acceptors (Lipinski definition) is 4. The van der Waals surface area contributed by atoms with Gasteiger partial charge in [-0.2, -0.15) is 0 Å². The first-order chi connectivity index (χ1) is 8.66. The molecule has 1 aliphatic carbocycles. The first kappa shape index (κ1) is 15.8. The van der Waals surface area contributed by atoms with Crippen molar-refractivity contribution in [3.05, 3.63) is 0 Å². The van der Waals surface area contributed by atoms with Crippen LogP contribution >= 0.6 is 0 Å². The smallest absolute Gasteiger partial charge is 0.407 e. The van der Waals surface area contributed by atoms with Crippen molar-refractivity contribution in [2.24, 2.45) is 5.41 Å². The van der Waals surface area contributed by atoms with E-state index in [2.05, 4.69) is 5.32 Å². The molecule has 5 nitrogen and oxygen atoms in total. The van der Waals surface area contributed by atoms with Crippen LogP contribution in [0.25, 0.3) is 0 Å². The molecule has 1 rings (SSSR count). The Morgan fingerprint density at radius 1 is 1.21 bits per heavy atom. The molecule has 0 heterocycles. The van der Waals surface area contributed by atoms with Gasteiger partial charge in [0.2, 0.25) is 0 Å². The number of alkyl carbamates (subject to hydrolysis) is 1. The van der Waals surface area contributed by atoms with Gasteiger partial charge in [-0.1, -0.05) is 0 Å². The summed E-state index contributed by atoms with van der Waals surface area (Å²) in [5.74, 6) is -0.164. The van der Waals surface area contributed by atoms with Crippen LogP contribution in [0, 0.1) is 5.41 Å². The fraction of sp³-hybridized carbons (Fsp3) is 0.857. The van der Waals surface area contributed by atoms with Crippen LogP contribution in [0.15, 0.2) is 0 Å². The predicted octanol–water partition coefficient (Wildman–Crippen LogP) is 2.63. The molecule has 19 heavy (non-hydrogen) atoms. The Morgan fingerprint density at radius 2 is 1.74 bits per heavy atom. The van der Waals surface area contributed by atoms with E-state index >= 15 is 0 Å². The maximum absolute atomic E-state index is 11.7. The van der Waals surface area contributed by atoms with Crippen molar-refractivity contribution in [1.82, 2.24) is 5.32 Å². The van der Waals surface area contributed by atoms with Crippen LogP contribution in [0.3, 0.4) is 0 Å². The lowest BCUT2D eigenvalue weighted by Gasteiger charge is -2.35. The largest absolute Gasteiger partial charge is 0.469 e. The summed E-state index contributed by atoms with van der Waals surface area (Å²) >= 11 is 0. The van der Waals surface area contributed by atoms with E-state index in [0.717, 1.165) is 25.7 Å². The lowest BCUT2D eigenvalue weighted by Crippen LogP contribution is -2.44. The second-order valence-electron chi connectivity index (χ2n) is 6.47. The van der Waals surface area contributed by atoms with E-state index in [-0.39, 0.29) is 18.1 Å². The van der Waals surface area contributed by atoms with Gasteiger partial charge in [0.25, 0.3) is 0 Å². The molecule has 0 bridgehead atoms. The summed E-state index contributed by atoms with van der Waals surface area (Å²) in [5, 5.41) is 2.86. The number of carbonyl (C=O) groups is 2. The molecule has 0 radical (unpaired) electrons. The van der Waals surface area contributed by atoms with E-state index in [0.29, 0.717) is 0 Å². The highest BCUT2D eigenvalue weighted by Gasteiger charge is 2.39. The fourth-order valence-corrected chi connectivity index (χ4v) is 2.32. The third-order valence-electron chi connectivity index (χ3n) is 3.49. The normalized spacial score (nSPS) is 27.5. The zero-order valence-corrected chi connectivity index (χ0v) is 12.5. The molecule has 0 aliphatic heterocycles. The van der Waals surface area contributed by atoms with Gasteiger partial charge in [-0.05, 0) is 53.4 Å². The molecule has 0 atom stereocenters. The number of carbonyl (C=O) groups excluding carboxylic acids is 2. The molecule has 1 fully saturated rings. The molecule has 0 aromatic heterocycles. The van der Waals surface area contributed by atoms with Crippen LogP contribution in [0.2, 0.25) is 0 Å².